The molecule has 5 nitrogen and oxygen atoms in total. The lowest BCUT2D eigenvalue weighted by Crippen LogP contribution is -2.40. The molecule has 0 unspecified atom stereocenters. The zero-order valence-electron chi connectivity index (χ0n) is 12.7. The fourth-order valence-electron chi connectivity index (χ4n) is 1.75. The van der Waals surface area contributed by atoms with Gasteiger partial charge in [-0.3, -0.25) is 4.79 Å². The van der Waals surface area contributed by atoms with Gasteiger partial charge < -0.3 is 4.90 Å². The Morgan fingerprint density at radius 3 is 2.62 bits per heavy atom. The first kappa shape index (κ1) is 15.3. The van der Waals surface area contributed by atoms with E-state index in [1.807, 2.05) is 57.1 Å². The number of nitrogens with zero attached hydrogens (tertiary/aromatic N) is 4. The Kier molecular flexibility index (Phi) is 4.80. The second-order valence-electron chi connectivity index (χ2n) is 5.06. The van der Waals surface area contributed by atoms with Gasteiger partial charge >= 0.3 is 5.13 Å². The highest BCUT2D eigenvalue weighted by Gasteiger charge is 2.19. The van der Waals surface area contributed by atoms with Crippen molar-refractivity contribution in [3.8, 4) is 0 Å². The summed E-state index contributed by atoms with van der Waals surface area (Å²) < 4.78 is 1.65. The first-order chi connectivity index (χ1) is 9.95. The van der Waals surface area contributed by atoms with Gasteiger partial charge in [0.1, 0.15) is 5.01 Å². The monoisotopic (exact) mass is 303 g/mol. The molecule has 0 bridgehead atoms. The van der Waals surface area contributed by atoms with E-state index in [0.717, 1.165) is 15.7 Å². The summed E-state index contributed by atoms with van der Waals surface area (Å²) in [5, 5.41) is 5.96. The second-order valence-corrected chi connectivity index (χ2v) is 6.22. The summed E-state index contributed by atoms with van der Waals surface area (Å²) >= 11 is 1.47. The SMILES string of the molecule is Cc1ccc(C(=O)C[n+]2nc(C)sc2N=CN(C)C)cc1. The summed E-state index contributed by atoms with van der Waals surface area (Å²) in [6.07, 6.45) is 1.71. The lowest BCUT2D eigenvalue weighted by molar-refractivity contribution is -0.724. The van der Waals surface area contributed by atoms with E-state index in [9.17, 15) is 4.79 Å². The first-order valence-corrected chi connectivity index (χ1v) is 7.45. The molecule has 0 amide bonds. The quantitative estimate of drug-likeness (QED) is 0.368. The minimum absolute atomic E-state index is 0.0339. The fraction of sp³-hybridized carbons (Fsp3) is 0.333. The highest BCUT2D eigenvalue weighted by Crippen LogP contribution is 2.16. The van der Waals surface area contributed by atoms with Crippen LogP contribution in [0.25, 0.3) is 0 Å². The average Bonchev–Trinajstić information content (AvgIpc) is 2.77. The highest BCUT2D eigenvalue weighted by atomic mass is 32.1. The van der Waals surface area contributed by atoms with E-state index in [2.05, 4.69) is 10.1 Å². The van der Waals surface area contributed by atoms with Gasteiger partial charge in [0.2, 0.25) is 12.1 Å². The van der Waals surface area contributed by atoms with Crippen LogP contribution in [0.2, 0.25) is 0 Å². The maximum absolute atomic E-state index is 12.3. The third-order valence-corrected chi connectivity index (χ3v) is 3.66. The van der Waals surface area contributed by atoms with Crippen LogP contribution in [0, 0.1) is 13.8 Å². The molecule has 0 atom stereocenters. The average molecular weight is 303 g/mol. The van der Waals surface area contributed by atoms with E-state index in [1.165, 1.54) is 11.3 Å². The molecule has 1 heterocycles. The molecule has 110 valence electrons. The fourth-order valence-corrected chi connectivity index (χ4v) is 2.46. The van der Waals surface area contributed by atoms with E-state index >= 15 is 0 Å². The molecule has 2 aromatic rings. The molecular weight excluding hydrogens is 284 g/mol. The number of benzene rings is 1. The van der Waals surface area contributed by atoms with Gasteiger partial charge in [-0.15, -0.1) is 4.68 Å². The number of hydrogen-bond donors (Lipinski definition) is 0. The lowest BCUT2D eigenvalue weighted by Gasteiger charge is -1.99. The molecule has 0 aliphatic rings. The first-order valence-electron chi connectivity index (χ1n) is 6.64. The van der Waals surface area contributed by atoms with Gasteiger partial charge in [-0.25, -0.2) is 0 Å². The summed E-state index contributed by atoms with van der Waals surface area (Å²) in [5.41, 5.74) is 1.83. The van der Waals surface area contributed by atoms with Crippen molar-refractivity contribution in [3.63, 3.8) is 0 Å². The Labute approximate surface area is 128 Å². The Morgan fingerprint density at radius 2 is 2.00 bits per heavy atom. The molecule has 0 radical (unpaired) electrons. The maximum Gasteiger partial charge on any atom is 0.406 e. The van der Waals surface area contributed by atoms with Crippen LogP contribution in [0.4, 0.5) is 5.13 Å². The predicted molar refractivity (Wildman–Crippen MR) is 84.4 cm³/mol. The van der Waals surface area contributed by atoms with Crippen LogP contribution in [0.5, 0.6) is 0 Å². The summed E-state index contributed by atoms with van der Waals surface area (Å²) in [4.78, 5) is 18.5. The highest BCUT2D eigenvalue weighted by molar-refractivity contribution is 7.14. The zero-order chi connectivity index (χ0) is 15.4. The number of aliphatic imine (C=N–C) groups is 1. The topological polar surface area (TPSA) is 49.4 Å². The zero-order valence-corrected chi connectivity index (χ0v) is 13.5. The van der Waals surface area contributed by atoms with E-state index in [0.29, 0.717) is 5.56 Å². The van der Waals surface area contributed by atoms with Crippen molar-refractivity contribution in [2.75, 3.05) is 14.1 Å². The summed E-state index contributed by atoms with van der Waals surface area (Å²) in [6.45, 7) is 4.11. The molecule has 1 aromatic carbocycles. The van der Waals surface area contributed by atoms with Crippen molar-refractivity contribution in [1.29, 1.82) is 0 Å². The molecule has 0 aliphatic carbocycles. The Balaban J connectivity index is 2.19. The molecule has 0 saturated heterocycles. The van der Waals surface area contributed by atoms with Gasteiger partial charge in [-0.2, -0.15) is 0 Å². The van der Waals surface area contributed by atoms with Crippen LogP contribution in [-0.4, -0.2) is 36.2 Å². The van der Waals surface area contributed by atoms with E-state index in [4.69, 9.17) is 0 Å². The predicted octanol–water partition coefficient (Wildman–Crippen LogP) is 2.15. The van der Waals surface area contributed by atoms with Crippen LogP contribution in [-0.2, 0) is 6.54 Å². The van der Waals surface area contributed by atoms with E-state index in [-0.39, 0.29) is 12.3 Å². The molecule has 0 N–H and O–H groups in total. The Hall–Kier alpha value is -2.08. The normalized spacial score (nSPS) is 11.0. The summed E-state index contributed by atoms with van der Waals surface area (Å²) in [5.74, 6) is 0.0339. The minimum Gasteiger partial charge on any atom is -0.348 e. The van der Waals surface area contributed by atoms with Gasteiger partial charge in [0.05, 0.1) is 0 Å². The van der Waals surface area contributed by atoms with Gasteiger partial charge in [0, 0.05) is 19.7 Å². The van der Waals surface area contributed by atoms with Crippen LogP contribution in [0.15, 0.2) is 29.3 Å². The number of aromatic nitrogens is 2. The summed E-state index contributed by atoms with van der Waals surface area (Å²) in [7, 11) is 3.80. The van der Waals surface area contributed by atoms with Gasteiger partial charge in [0.25, 0.3) is 0 Å². The standard InChI is InChI=1S/C15H19N4OS/c1-11-5-7-13(8-6-11)14(20)9-19-15(16-10-18(3)4)21-12(2)17-19/h5-8,10H,9H2,1-4H3/q+1. The minimum atomic E-state index is 0.0339. The molecule has 6 heteroatoms. The van der Waals surface area contributed by atoms with Gasteiger partial charge in [-0.05, 0) is 30.2 Å². The lowest BCUT2D eigenvalue weighted by atomic mass is 10.1. The molecule has 0 aliphatic heterocycles. The molecule has 1 aromatic heterocycles. The van der Waals surface area contributed by atoms with Crippen LogP contribution in [0.3, 0.4) is 0 Å². The Morgan fingerprint density at radius 1 is 1.33 bits per heavy atom. The second kappa shape index (κ2) is 6.58. The number of aryl methyl sites for hydroxylation is 2. The van der Waals surface area contributed by atoms with Crippen LogP contribution >= 0.6 is 11.3 Å². The largest absolute Gasteiger partial charge is 0.406 e. The van der Waals surface area contributed by atoms with Crippen molar-refractivity contribution < 1.29 is 9.48 Å². The third kappa shape index (κ3) is 4.19. The maximum atomic E-state index is 12.3. The van der Waals surface area contributed by atoms with Crippen LogP contribution in [0.1, 0.15) is 20.9 Å². The number of ketones is 1. The van der Waals surface area contributed by atoms with Crippen molar-refractivity contribution in [1.82, 2.24) is 10.00 Å². The molecule has 2 rings (SSSR count). The van der Waals surface area contributed by atoms with Crippen molar-refractivity contribution >= 4 is 28.6 Å². The van der Waals surface area contributed by atoms with Crippen molar-refractivity contribution in [2.24, 2.45) is 4.99 Å². The number of carbonyl (C=O) groups is 1. The van der Waals surface area contributed by atoms with Gasteiger partial charge in [0.15, 0.2) is 6.54 Å². The van der Waals surface area contributed by atoms with Crippen molar-refractivity contribution in [2.45, 2.75) is 20.4 Å². The molecular formula is C15H19N4OS+. The smallest absolute Gasteiger partial charge is 0.348 e. The van der Waals surface area contributed by atoms with Crippen molar-refractivity contribution in [3.05, 3.63) is 40.4 Å². The number of hydrogen-bond acceptors (Lipinski definition) is 4. The summed E-state index contributed by atoms with van der Waals surface area (Å²) in [6, 6.07) is 7.57. The molecule has 21 heavy (non-hydrogen) atoms. The Bertz CT molecular complexity index is 659. The number of Topliss-reactive ketones (excluding diaryl/α,β-unsaturated/α-hetero) is 1. The molecule has 0 fully saturated rings. The van der Waals surface area contributed by atoms with Crippen LogP contribution < -0.4 is 4.68 Å². The van der Waals surface area contributed by atoms with E-state index < -0.39 is 0 Å². The van der Waals surface area contributed by atoms with Gasteiger partial charge in [-0.1, -0.05) is 34.9 Å². The molecule has 0 spiro atoms. The number of rotatable bonds is 5. The van der Waals surface area contributed by atoms with E-state index in [1.54, 1.807) is 11.0 Å². The third-order valence-electron chi connectivity index (χ3n) is 2.79. The molecule has 0 saturated carbocycles. The number of carbonyl (C=O) groups excluding carboxylic acids is 1.